The predicted molar refractivity (Wildman–Crippen MR) is 76.8 cm³/mol. The van der Waals surface area contributed by atoms with Crippen LogP contribution in [-0.2, 0) is 13.2 Å². The first-order valence-electron chi connectivity index (χ1n) is 6.35. The minimum atomic E-state index is -0.929. The van der Waals surface area contributed by atoms with Crippen LogP contribution in [0, 0.1) is 6.92 Å². The summed E-state index contributed by atoms with van der Waals surface area (Å²) >= 11 is 0. The van der Waals surface area contributed by atoms with Crippen molar-refractivity contribution in [3.63, 3.8) is 0 Å². The Kier molecular flexibility index (Phi) is 4.38. The topological polar surface area (TPSA) is 72.5 Å². The number of carbonyl (C=O) groups is 1. The molecule has 0 saturated carbocycles. The Morgan fingerprint density at radius 3 is 2.50 bits per heavy atom. The summed E-state index contributed by atoms with van der Waals surface area (Å²) in [6, 6.07) is 12.5. The third-order valence-corrected chi connectivity index (χ3v) is 3.10. The summed E-state index contributed by atoms with van der Waals surface area (Å²) in [4.78, 5) is 10.8. The molecule has 3 N–H and O–H groups in total. The van der Waals surface area contributed by atoms with Gasteiger partial charge in [-0.2, -0.15) is 0 Å². The lowest BCUT2D eigenvalue weighted by atomic mass is 10.1. The molecule has 0 radical (unpaired) electrons. The molecule has 4 nitrogen and oxygen atoms in total. The van der Waals surface area contributed by atoms with Crippen molar-refractivity contribution in [3.8, 4) is 5.75 Å². The average molecular weight is 271 g/mol. The SMILES string of the molecule is Cc1cccc(CN)c1OCc1ccc(C(=O)O)cc1. The summed E-state index contributed by atoms with van der Waals surface area (Å²) in [7, 11) is 0. The van der Waals surface area contributed by atoms with Crippen molar-refractivity contribution in [1.29, 1.82) is 0 Å². The number of benzene rings is 2. The molecule has 0 aromatic heterocycles. The second-order valence-corrected chi connectivity index (χ2v) is 4.56. The number of rotatable bonds is 5. The first kappa shape index (κ1) is 14.1. The van der Waals surface area contributed by atoms with Crippen molar-refractivity contribution < 1.29 is 14.6 Å². The van der Waals surface area contributed by atoms with E-state index in [9.17, 15) is 4.79 Å². The normalized spacial score (nSPS) is 10.3. The van der Waals surface area contributed by atoms with Crippen molar-refractivity contribution >= 4 is 5.97 Å². The first-order valence-corrected chi connectivity index (χ1v) is 6.35. The minimum absolute atomic E-state index is 0.271. The minimum Gasteiger partial charge on any atom is -0.488 e. The molecule has 0 heterocycles. The van der Waals surface area contributed by atoms with Gasteiger partial charge >= 0.3 is 5.97 Å². The lowest BCUT2D eigenvalue weighted by molar-refractivity contribution is 0.0697. The van der Waals surface area contributed by atoms with E-state index in [4.69, 9.17) is 15.6 Å². The van der Waals surface area contributed by atoms with Crippen molar-refractivity contribution in [3.05, 3.63) is 64.7 Å². The van der Waals surface area contributed by atoms with E-state index in [0.717, 1.165) is 22.4 Å². The van der Waals surface area contributed by atoms with E-state index in [0.29, 0.717) is 13.2 Å². The Balaban J connectivity index is 2.11. The molecule has 0 saturated heterocycles. The highest BCUT2D eigenvalue weighted by atomic mass is 16.5. The lowest BCUT2D eigenvalue weighted by Gasteiger charge is -2.13. The van der Waals surface area contributed by atoms with Gasteiger partial charge in [-0.05, 0) is 30.2 Å². The van der Waals surface area contributed by atoms with Crippen LogP contribution in [0.1, 0.15) is 27.0 Å². The van der Waals surface area contributed by atoms with Gasteiger partial charge in [-0.25, -0.2) is 4.79 Å². The Morgan fingerprint density at radius 2 is 1.90 bits per heavy atom. The number of nitrogens with two attached hydrogens (primary N) is 1. The van der Waals surface area contributed by atoms with E-state index < -0.39 is 5.97 Å². The molecule has 0 fully saturated rings. The molecule has 104 valence electrons. The fourth-order valence-corrected chi connectivity index (χ4v) is 1.98. The summed E-state index contributed by atoms with van der Waals surface area (Å²) in [5.74, 6) is -0.126. The van der Waals surface area contributed by atoms with Crippen LogP contribution in [0.5, 0.6) is 5.75 Å². The van der Waals surface area contributed by atoms with Crippen LogP contribution >= 0.6 is 0 Å². The summed E-state index contributed by atoms with van der Waals surface area (Å²) in [5.41, 5.74) is 8.89. The van der Waals surface area contributed by atoms with Gasteiger partial charge in [0.1, 0.15) is 12.4 Å². The quantitative estimate of drug-likeness (QED) is 0.877. The standard InChI is InChI=1S/C16H17NO3/c1-11-3-2-4-14(9-17)15(11)20-10-12-5-7-13(8-6-12)16(18)19/h2-8H,9-10,17H2,1H3,(H,18,19). The number of para-hydroxylation sites is 1. The van der Waals surface area contributed by atoms with E-state index in [1.54, 1.807) is 24.3 Å². The molecule has 2 aromatic carbocycles. The van der Waals surface area contributed by atoms with Crippen molar-refractivity contribution in [2.45, 2.75) is 20.1 Å². The van der Waals surface area contributed by atoms with Crippen LogP contribution in [0.25, 0.3) is 0 Å². The van der Waals surface area contributed by atoms with Crippen LogP contribution < -0.4 is 10.5 Å². The zero-order valence-corrected chi connectivity index (χ0v) is 11.3. The third kappa shape index (κ3) is 3.16. The Hall–Kier alpha value is -2.33. The van der Waals surface area contributed by atoms with Gasteiger partial charge in [0, 0.05) is 12.1 Å². The monoisotopic (exact) mass is 271 g/mol. The third-order valence-electron chi connectivity index (χ3n) is 3.10. The van der Waals surface area contributed by atoms with E-state index >= 15 is 0 Å². The van der Waals surface area contributed by atoms with Crippen molar-refractivity contribution in [2.24, 2.45) is 5.73 Å². The lowest BCUT2D eigenvalue weighted by Crippen LogP contribution is -2.04. The van der Waals surface area contributed by atoms with Crippen LogP contribution in [0.4, 0.5) is 0 Å². The zero-order valence-electron chi connectivity index (χ0n) is 11.3. The smallest absolute Gasteiger partial charge is 0.335 e. The summed E-state index contributed by atoms with van der Waals surface area (Å²) in [6.07, 6.45) is 0. The van der Waals surface area contributed by atoms with Gasteiger partial charge in [-0.1, -0.05) is 30.3 Å². The van der Waals surface area contributed by atoms with Crippen molar-refractivity contribution in [1.82, 2.24) is 0 Å². The van der Waals surface area contributed by atoms with Crippen LogP contribution in [0.3, 0.4) is 0 Å². The Labute approximate surface area is 117 Å². The molecule has 2 aromatic rings. The van der Waals surface area contributed by atoms with Gasteiger partial charge in [0.2, 0.25) is 0 Å². The molecular weight excluding hydrogens is 254 g/mol. The molecule has 0 aliphatic carbocycles. The second kappa shape index (κ2) is 6.21. The summed E-state index contributed by atoms with van der Waals surface area (Å²) in [5, 5.41) is 8.84. The Morgan fingerprint density at radius 1 is 1.20 bits per heavy atom. The van der Waals surface area contributed by atoms with E-state index in [1.807, 2.05) is 25.1 Å². The number of aromatic carboxylic acids is 1. The molecule has 0 atom stereocenters. The maximum Gasteiger partial charge on any atom is 0.335 e. The molecule has 4 heteroatoms. The van der Waals surface area contributed by atoms with Gasteiger partial charge in [0.15, 0.2) is 0 Å². The van der Waals surface area contributed by atoms with Crippen LogP contribution in [0.2, 0.25) is 0 Å². The van der Waals surface area contributed by atoms with E-state index in [1.165, 1.54) is 0 Å². The van der Waals surface area contributed by atoms with Gasteiger partial charge in [-0.15, -0.1) is 0 Å². The van der Waals surface area contributed by atoms with Gasteiger partial charge in [0.05, 0.1) is 5.56 Å². The van der Waals surface area contributed by atoms with Crippen LogP contribution in [0.15, 0.2) is 42.5 Å². The highest BCUT2D eigenvalue weighted by molar-refractivity contribution is 5.87. The number of ether oxygens (including phenoxy) is 1. The van der Waals surface area contributed by atoms with Crippen molar-refractivity contribution in [2.75, 3.05) is 0 Å². The van der Waals surface area contributed by atoms with Gasteiger partial charge < -0.3 is 15.6 Å². The van der Waals surface area contributed by atoms with Gasteiger partial charge in [-0.3, -0.25) is 0 Å². The molecule has 0 aliphatic rings. The Bertz CT molecular complexity index is 606. The molecule has 0 unspecified atom stereocenters. The number of aryl methyl sites for hydroxylation is 1. The molecule has 0 spiro atoms. The van der Waals surface area contributed by atoms with Crippen LogP contribution in [-0.4, -0.2) is 11.1 Å². The summed E-state index contributed by atoms with van der Waals surface area (Å²) < 4.78 is 5.82. The number of carboxylic acid groups (broad SMARTS) is 1. The summed E-state index contributed by atoms with van der Waals surface area (Å²) in [6.45, 7) is 2.79. The maximum absolute atomic E-state index is 10.8. The fraction of sp³-hybridized carbons (Fsp3) is 0.188. The highest BCUT2D eigenvalue weighted by Gasteiger charge is 2.07. The second-order valence-electron chi connectivity index (χ2n) is 4.56. The largest absolute Gasteiger partial charge is 0.488 e. The number of hydrogen-bond donors (Lipinski definition) is 2. The zero-order chi connectivity index (χ0) is 14.5. The molecular formula is C16H17NO3. The predicted octanol–water partition coefficient (Wildman–Crippen LogP) is 2.73. The molecule has 0 aliphatic heterocycles. The van der Waals surface area contributed by atoms with E-state index in [2.05, 4.69) is 0 Å². The first-order chi connectivity index (χ1) is 9.61. The van der Waals surface area contributed by atoms with E-state index in [-0.39, 0.29) is 5.56 Å². The molecule has 0 bridgehead atoms. The fourth-order valence-electron chi connectivity index (χ4n) is 1.98. The molecule has 20 heavy (non-hydrogen) atoms. The molecule has 0 amide bonds. The molecule has 2 rings (SSSR count). The number of hydrogen-bond acceptors (Lipinski definition) is 3. The maximum atomic E-state index is 10.8. The average Bonchev–Trinajstić information content (AvgIpc) is 2.46. The van der Waals surface area contributed by atoms with Gasteiger partial charge in [0.25, 0.3) is 0 Å². The highest BCUT2D eigenvalue weighted by Crippen LogP contribution is 2.24. The number of carboxylic acids is 1.